The second kappa shape index (κ2) is 9.10. The van der Waals surface area contributed by atoms with Crippen molar-refractivity contribution in [1.29, 1.82) is 0 Å². The molecule has 0 radical (unpaired) electrons. The SMILES string of the molecule is O=C(O)/C=C/c1cnn(-c2nc(NC3CCCC3)c3ncn([C@@H]4O[C@@H](CO)[C@H](O)[C@H]4O)c3n2)c1. The standard InChI is InChI=1S/C21H25N7O6/c29-9-13-16(32)17(33)20(34-13)27-10-22-15-18(24-12-3-1-2-4-12)25-21(26-19(15)27)28-8-11(7-23-28)5-6-14(30)31/h5-8,10,12-13,16-17,20,29,32-33H,1-4,9H2,(H,30,31)(H,24,25,26)/b6-5+/t13-,16-,17+,20+/m0/s1. The molecule has 3 aromatic heterocycles. The maximum Gasteiger partial charge on any atom is 0.328 e. The number of aliphatic hydroxyl groups is 3. The van der Waals surface area contributed by atoms with E-state index >= 15 is 0 Å². The van der Waals surface area contributed by atoms with Crippen LogP contribution in [0.2, 0.25) is 0 Å². The van der Waals surface area contributed by atoms with Crippen LogP contribution in [0.5, 0.6) is 0 Å². The molecular formula is C21H25N7O6. The highest BCUT2D eigenvalue weighted by atomic mass is 16.6. The number of ether oxygens (including phenoxy) is 1. The second-order valence-corrected chi connectivity index (χ2v) is 8.44. The highest BCUT2D eigenvalue weighted by Gasteiger charge is 2.44. The third-order valence-electron chi connectivity index (χ3n) is 6.12. The van der Waals surface area contributed by atoms with Gasteiger partial charge in [-0.2, -0.15) is 15.1 Å². The first-order valence-corrected chi connectivity index (χ1v) is 11.0. The third-order valence-corrected chi connectivity index (χ3v) is 6.12. The van der Waals surface area contributed by atoms with Gasteiger partial charge in [-0.15, -0.1) is 0 Å². The van der Waals surface area contributed by atoms with Gasteiger partial charge in [0.05, 0.1) is 19.1 Å². The minimum atomic E-state index is -1.29. The predicted octanol–water partition coefficient (Wildman–Crippen LogP) is 0.0758. The first-order chi connectivity index (χ1) is 16.4. The molecule has 5 N–H and O–H groups in total. The van der Waals surface area contributed by atoms with Crippen LogP contribution in [-0.2, 0) is 9.53 Å². The van der Waals surface area contributed by atoms with Crippen molar-refractivity contribution in [3.63, 3.8) is 0 Å². The minimum Gasteiger partial charge on any atom is -0.478 e. The van der Waals surface area contributed by atoms with E-state index in [0.717, 1.165) is 31.8 Å². The minimum absolute atomic E-state index is 0.205. The van der Waals surface area contributed by atoms with Gasteiger partial charge in [0.1, 0.15) is 18.3 Å². The molecule has 5 rings (SSSR count). The Bertz CT molecular complexity index is 1220. The molecule has 0 spiro atoms. The van der Waals surface area contributed by atoms with E-state index in [1.54, 1.807) is 6.20 Å². The number of aliphatic carboxylic acids is 1. The summed E-state index contributed by atoms with van der Waals surface area (Å²) in [5, 5.41) is 46.7. The summed E-state index contributed by atoms with van der Waals surface area (Å²) >= 11 is 0. The van der Waals surface area contributed by atoms with Gasteiger partial charge in [-0.25, -0.2) is 14.5 Å². The Morgan fingerprint density at radius 1 is 1.24 bits per heavy atom. The van der Waals surface area contributed by atoms with Crippen molar-refractivity contribution in [2.45, 2.75) is 56.3 Å². The Kier molecular flexibility index (Phi) is 6.00. The first kappa shape index (κ1) is 22.4. The number of aliphatic hydroxyl groups excluding tert-OH is 3. The number of hydrogen-bond donors (Lipinski definition) is 5. The molecular weight excluding hydrogens is 446 g/mol. The smallest absolute Gasteiger partial charge is 0.328 e. The molecule has 13 heteroatoms. The Hall–Kier alpha value is -3.39. The Morgan fingerprint density at radius 2 is 2.03 bits per heavy atom. The van der Waals surface area contributed by atoms with Crippen LogP contribution in [0.25, 0.3) is 23.2 Å². The van der Waals surface area contributed by atoms with Gasteiger partial charge in [0.2, 0.25) is 0 Å². The molecule has 13 nitrogen and oxygen atoms in total. The molecule has 1 saturated heterocycles. The Morgan fingerprint density at radius 3 is 2.74 bits per heavy atom. The zero-order chi connectivity index (χ0) is 23.8. The molecule has 1 aliphatic carbocycles. The molecule has 0 unspecified atom stereocenters. The van der Waals surface area contributed by atoms with Gasteiger partial charge >= 0.3 is 5.97 Å². The zero-order valence-electron chi connectivity index (χ0n) is 18.1. The van der Waals surface area contributed by atoms with Gasteiger partial charge in [-0.05, 0) is 18.9 Å². The van der Waals surface area contributed by atoms with Crippen LogP contribution in [0.3, 0.4) is 0 Å². The summed E-state index contributed by atoms with van der Waals surface area (Å²) < 4.78 is 8.58. The lowest BCUT2D eigenvalue weighted by molar-refractivity contribution is -0.131. The van der Waals surface area contributed by atoms with Crippen LogP contribution in [0.15, 0.2) is 24.8 Å². The number of carboxylic acid groups (broad SMARTS) is 1. The van der Waals surface area contributed by atoms with E-state index in [4.69, 9.17) is 9.84 Å². The molecule has 4 heterocycles. The van der Waals surface area contributed by atoms with E-state index in [1.165, 1.54) is 27.8 Å². The van der Waals surface area contributed by atoms with Gasteiger partial charge in [0.15, 0.2) is 23.2 Å². The summed E-state index contributed by atoms with van der Waals surface area (Å²) in [7, 11) is 0. The summed E-state index contributed by atoms with van der Waals surface area (Å²) in [6, 6.07) is 0.233. The first-order valence-electron chi connectivity index (χ1n) is 11.0. The Labute approximate surface area is 193 Å². The Balaban J connectivity index is 1.57. The molecule has 1 aliphatic heterocycles. The van der Waals surface area contributed by atoms with E-state index in [0.29, 0.717) is 22.5 Å². The summed E-state index contributed by atoms with van der Waals surface area (Å²) in [5.74, 6) is -0.372. The largest absolute Gasteiger partial charge is 0.478 e. The van der Waals surface area contributed by atoms with Crippen LogP contribution in [0, 0.1) is 0 Å². The molecule has 0 aromatic carbocycles. The summed E-state index contributed by atoms with van der Waals surface area (Å²) in [4.78, 5) is 24.4. The number of nitrogens with one attached hydrogen (secondary N) is 1. The van der Waals surface area contributed by atoms with E-state index < -0.39 is 37.1 Å². The van der Waals surface area contributed by atoms with Gasteiger partial charge < -0.3 is 30.5 Å². The molecule has 0 bridgehead atoms. The van der Waals surface area contributed by atoms with Crippen molar-refractivity contribution in [1.82, 2.24) is 29.3 Å². The van der Waals surface area contributed by atoms with Gasteiger partial charge in [0.25, 0.3) is 5.95 Å². The van der Waals surface area contributed by atoms with Crippen LogP contribution >= 0.6 is 0 Å². The fourth-order valence-corrected chi connectivity index (χ4v) is 4.37. The highest BCUT2D eigenvalue weighted by Crippen LogP contribution is 2.33. The maximum atomic E-state index is 10.8. The van der Waals surface area contributed by atoms with E-state index in [2.05, 4.69) is 25.4 Å². The number of nitrogens with zero attached hydrogens (tertiary/aromatic N) is 6. The van der Waals surface area contributed by atoms with Crippen molar-refractivity contribution in [2.24, 2.45) is 0 Å². The van der Waals surface area contributed by atoms with Crippen molar-refractivity contribution in [3.8, 4) is 5.95 Å². The number of hydrogen-bond acceptors (Lipinski definition) is 10. The second-order valence-electron chi connectivity index (χ2n) is 8.44. The van der Waals surface area contributed by atoms with E-state index in [1.807, 2.05) is 0 Å². The lowest BCUT2D eigenvalue weighted by atomic mass is 10.1. The van der Waals surface area contributed by atoms with Crippen molar-refractivity contribution < 1.29 is 30.0 Å². The molecule has 34 heavy (non-hydrogen) atoms. The predicted molar refractivity (Wildman–Crippen MR) is 118 cm³/mol. The number of imidazole rings is 1. The summed E-state index contributed by atoms with van der Waals surface area (Å²) in [6.07, 6.45) is 6.68. The molecule has 180 valence electrons. The number of carboxylic acids is 1. The topological polar surface area (TPSA) is 181 Å². The number of aromatic nitrogens is 6. The fraction of sp³-hybridized carbons (Fsp3) is 0.476. The van der Waals surface area contributed by atoms with Gasteiger partial charge in [0, 0.05) is 23.9 Å². The normalized spacial score (nSPS) is 25.6. The monoisotopic (exact) mass is 471 g/mol. The average molecular weight is 471 g/mol. The van der Waals surface area contributed by atoms with Crippen molar-refractivity contribution in [3.05, 3.63) is 30.4 Å². The fourth-order valence-electron chi connectivity index (χ4n) is 4.37. The lowest BCUT2D eigenvalue weighted by Gasteiger charge is -2.18. The summed E-state index contributed by atoms with van der Waals surface area (Å²) in [6.45, 7) is -0.448. The van der Waals surface area contributed by atoms with Crippen LogP contribution in [0.1, 0.15) is 37.5 Å². The molecule has 4 atom stereocenters. The number of anilines is 1. The van der Waals surface area contributed by atoms with Crippen molar-refractivity contribution in [2.75, 3.05) is 11.9 Å². The molecule has 0 amide bonds. The van der Waals surface area contributed by atoms with Crippen LogP contribution < -0.4 is 5.32 Å². The van der Waals surface area contributed by atoms with E-state index in [-0.39, 0.29) is 12.0 Å². The average Bonchev–Trinajstić information content (AvgIpc) is 3.61. The van der Waals surface area contributed by atoms with E-state index in [9.17, 15) is 20.1 Å². The molecule has 2 fully saturated rings. The van der Waals surface area contributed by atoms with Crippen LogP contribution in [0.4, 0.5) is 5.82 Å². The number of fused-ring (bicyclic) bond motifs is 1. The molecule has 2 aliphatic rings. The molecule has 1 saturated carbocycles. The number of rotatable bonds is 7. The van der Waals surface area contributed by atoms with Gasteiger partial charge in [-0.1, -0.05) is 12.8 Å². The van der Waals surface area contributed by atoms with Crippen LogP contribution in [-0.4, -0.2) is 86.7 Å². The zero-order valence-corrected chi connectivity index (χ0v) is 18.1. The van der Waals surface area contributed by atoms with Gasteiger partial charge in [-0.3, -0.25) is 4.57 Å². The third kappa shape index (κ3) is 4.14. The lowest BCUT2D eigenvalue weighted by Crippen LogP contribution is -2.33. The quantitative estimate of drug-likeness (QED) is 0.294. The maximum absolute atomic E-state index is 10.8. The van der Waals surface area contributed by atoms with Crippen molar-refractivity contribution >= 4 is 29.0 Å². The number of carbonyl (C=O) groups is 1. The molecule has 3 aromatic rings. The summed E-state index contributed by atoms with van der Waals surface area (Å²) in [5.41, 5.74) is 1.36. The highest BCUT2D eigenvalue weighted by molar-refractivity contribution is 5.85.